The highest BCUT2D eigenvalue weighted by molar-refractivity contribution is 7.88. The molecule has 1 saturated heterocycles. The van der Waals surface area contributed by atoms with Crippen molar-refractivity contribution in [2.24, 2.45) is 5.73 Å². The lowest BCUT2D eigenvalue weighted by Crippen LogP contribution is -2.50. The van der Waals surface area contributed by atoms with Gasteiger partial charge in [0.2, 0.25) is 15.9 Å². The van der Waals surface area contributed by atoms with E-state index in [1.165, 1.54) is 6.26 Å². The summed E-state index contributed by atoms with van der Waals surface area (Å²) in [7, 11) is -3.16. The Labute approximate surface area is 121 Å². The first-order chi connectivity index (χ1) is 9.38. The van der Waals surface area contributed by atoms with Crippen LogP contribution in [-0.4, -0.2) is 61.5 Å². The molecule has 2 rings (SSSR count). The number of carbonyl (C=O) groups is 1. The standard InChI is InChI=1S/C13H25N3O3S/c1-20(18,19)16(11-4-2-5-11)12-6-3-8-15(9-7-12)10-13(14)17/h11-12H,2-10H2,1H3,(H2,14,17)/t12-/m1/s1. The van der Waals surface area contributed by atoms with Gasteiger partial charge in [0.15, 0.2) is 0 Å². The summed E-state index contributed by atoms with van der Waals surface area (Å²) in [6, 6.07) is 0.269. The van der Waals surface area contributed by atoms with Crippen LogP contribution in [0, 0.1) is 0 Å². The number of sulfonamides is 1. The molecule has 2 aliphatic rings. The zero-order chi connectivity index (χ0) is 14.8. The molecule has 116 valence electrons. The number of nitrogens with two attached hydrogens (primary N) is 1. The molecule has 1 amide bonds. The monoisotopic (exact) mass is 303 g/mol. The van der Waals surface area contributed by atoms with Crippen LogP contribution >= 0.6 is 0 Å². The second-order valence-electron chi connectivity index (χ2n) is 6.00. The molecule has 0 aromatic heterocycles. The summed E-state index contributed by atoms with van der Waals surface area (Å²) in [6.07, 6.45) is 6.98. The largest absolute Gasteiger partial charge is 0.369 e. The molecule has 1 heterocycles. The molecule has 1 aliphatic carbocycles. The zero-order valence-electron chi connectivity index (χ0n) is 12.1. The van der Waals surface area contributed by atoms with E-state index in [-0.39, 0.29) is 24.5 Å². The van der Waals surface area contributed by atoms with Gasteiger partial charge in [-0.25, -0.2) is 8.42 Å². The molecular weight excluding hydrogens is 278 g/mol. The summed E-state index contributed by atoms with van der Waals surface area (Å²) in [5, 5.41) is 0. The number of hydrogen-bond donors (Lipinski definition) is 1. The van der Waals surface area contributed by atoms with Crippen LogP contribution in [0.3, 0.4) is 0 Å². The lowest BCUT2D eigenvalue weighted by Gasteiger charge is -2.40. The van der Waals surface area contributed by atoms with Crippen LogP contribution in [0.1, 0.15) is 38.5 Å². The van der Waals surface area contributed by atoms with Crippen LogP contribution in [0.4, 0.5) is 0 Å². The van der Waals surface area contributed by atoms with Crippen molar-refractivity contribution in [1.82, 2.24) is 9.21 Å². The average Bonchev–Trinajstić information content (AvgIpc) is 2.46. The lowest BCUT2D eigenvalue weighted by molar-refractivity contribution is -0.119. The van der Waals surface area contributed by atoms with E-state index in [0.717, 1.165) is 51.6 Å². The van der Waals surface area contributed by atoms with Crippen LogP contribution in [-0.2, 0) is 14.8 Å². The topological polar surface area (TPSA) is 83.7 Å². The molecule has 1 saturated carbocycles. The van der Waals surface area contributed by atoms with E-state index in [9.17, 15) is 13.2 Å². The molecule has 20 heavy (non-hydrogen) atoms. The normalized spacial score (nSPS) is 26.2. The van der Waals surface area contributed by atoms with Crippen molar-refractivity contribution >= 4 is 15.9 Å². The van der Waals surface area contributed by atoms with Crippen molar-refractivity contribution in [1.29, 1.82) is 0 Å². The molecule has 7 heteroatoms. The maximum Gasteiger partial charge on any atom is 0.231 e. The predicted octanol–water partition coefficient (Wildman–Crippen LogP) is 0.140. The third-order valence-corrected chi connectivity index (χ3v) is 5.71. The summed E-state index contributed by atoms with van der Waals surface area (Å²) < 4.78 is 25.9. The maximum absolute atomic E-state index is 12.1. The van der Waals surface area contributed by atoms with E-state index >= 15 is 0 Å². The van der Waals surface area contributed by atoms with E-state index in [4.69, 9.17) is 5.73 Å². The first-order valence-corrected chi connectivity index (χ1v) is 9.22. The van der Waals surface area contributed by atoms with Gasteiger partial charge in [-0.1, -0.05) is 6.42 Å². The minimum Gasteiger partial charge on any atom is -0.369 e. The fraction of sp³-hybridized carbons (Fsp3) is 0.923. The van der Waals surface area contributed by atoms with Gasteiger partial charge >= 0.3 is 0 Å². The number of rotatable bonds is 5. The molecule has 2 fully saturated rings. The van der Waals surface area contributed by atoms with Gasteiger partial charge in [0, 0.05) is 18.6 Å². The predicted molar refractivity (Wildman–Crippen MR) is 77.6 cm³/mol. The number of likely N-dealkylation sites (tertiary alicyclic amines) is 1. The molecule has 0 bridgehead atoms. The SMILES string of the molecule is CS(=O)(=O)N(C1CCC1)[C@@H]1CCCN(CC(N)=O)CC1. The van der Waals surface area contributed by atoms with Crippen LogP contribution in [0.15, 0.2) is 0 Å². The summed E-state index contributed by atoms with van der Waals surface area (Å²) in [5.74, 6) is -0.317. The summed E-state index contributed by atoms with van der Waals surface area (Å²) in [4.78, 5) is 13.0. The number of carbonyl (C=O) groups excluding carboxylic acids is 1. The van der Waals surface area contributed by atoms with E-state index < -0.39 is 10.0 Å². The third kappa shape index (κ3) is 3.93. The molecule has 6 nitrogen and oxygen atoms in total. The second-order valence-corrected chi connectivity index (χ2v) is 7.89. The van der Waals surface area contributed by atoms with Gasteiger partial charge in [0.25, 0.3) is 0 Å². The minimum absolute atomic E-state index is 0.0770. The molecule has 2 N–H and O–H groups in total. The molecule has 0 radical (unpaired) electrons. The fourth-order valence-corrected chi connectivity index (χ4v) is 4.76. The highest BCUT2D eigenvalue weighted by atomic mass is 32.2. The second kappa shape index (κ2) is 6.41. The Hall–Kier alpha value is -0.660. The number of nitrogens with zero attached hydrogens (tertiary/aromatic N) is 2. The van der Waals surface area contributed by atoms with Gasteiger partial charge in [-0.05, 0) is 38.6 Å². The van der Waals surface area contributed by atoms with Crippen molar-refractivity contribution in [3.63, 3.8) is 0 Å². The average molecular weight is 303 g/mol. The molecular formula is C13H25N3O3S. The Balaban J connectivity index is 2.01. The smallest absolute Gasteiger partial charge is 0.231 e. The van der Waals surface area contributed by atoms with Crippen LogP contribution in [0.5, 0.6) is 0 Å². The lowest BCUT2D eigenvalue weighted by atomic mass is 9.91. The first-order valence-electron chi connectivity index (χ1n) is 7.37. The molecule has 0 unspecified atom stereocenters. The van der Waals surface area contributed by atoms with Crippen molar-refractivity contribution in [2.45, 2.75) is 50.6 Å². The van der Waals surface area contributed by atoms with Gasteiger partial charge < -0.3 is 5.73 Å². The van der Waals surface area contributed by atoms with Crippen LogP contribution in [0.25, 0.3) is 0 Å². The van der Waals surface area contributed by atoms with Gasteiger partial charge in [-0.3, -0.25) is 9.69 Å². The fourth-order valence-electron chi connectivity index (χ4n) is 3.25. The number of primary amides is 1. The number of hydrogen-bond acceptors (Lipinski definition) is 4. The molecule has 0 aromatic carbocycles. The van der Waals surface area contributed by atoms with Gasteiger partial charge in [-0.15, -0.1) is 0 Å². The van der Waals surface area contributed by atoms with E-state index in [2.05, 4.69) is 0 Å². The van der Waals surface area contributed by atoms with Crippen LogP contribution in [0.2, 0.25) is 0 Å². The van der Waals surface area contributed by atoms with Gasteiger partial charge in [0.1, 0.15) is 0 Å². The van der Waals surface area contributed by atoms with E-state index in [1.54, 1.807) is 4.31 Å². The summed E-state index contributed by atoms with van der Waals surface area (Å²) in [5.41, 5.74) is 5.23. The van der Waals surface area contributed by atoms with Crippen molar-refractivity contribution in [2.75, 3.05) is 25.9 Å². The zero-order valence-corrected chi connectivity index (χ0v) is 12.9. The Morgan fingerprint density at radius 2 is 1.75 bits per heavy atom. The highest BCUT2D eigenvalue weighted by Gasteiger charge is 2.37. The van der Waals surface area contributed by atoms with Gasteiger partial charge in [0.05, 0.1) is 12.8 Å². The third-order valence-electron chi connectivity index (χ3n) is 4.35. The first kappa shape index (κ1) is 15.7. The Kier molecular flexibility index (Phi) is 5.04. The summed E-state index contributed by atoms with van der Waals surface area (Å²) >= 11 is 0. The van der Waals surface area contributed by atoms with E-state index in [1.807, 2.05) is 4.90 Å². The quantitative estimate of drug-likeness (QED) is 0.783. The molecule has 0 aromatic rings. The Bertz CT molecular complexity index is 448. The maximum atomic E-state index is 12.1. The van der Waals surface area contributed by atoms with E-state index in [0.29, 0.717) is 0 Å². The molecule has 0 spiro atoms. The molecule has 1 atom stereocenters. The Morgan fingerprint density at radius 3 is 2.25 bits per heavy atom. The van der Waals surface area contributed by atoms with Crippen molar-refractivity contribution in [3.8, 4) is 0 Å². The van der Waals surface area contributed by atoms with Gasteiger partial charge in [-0.2, -0.15) is 4.31 Å². The van der Waals surface area contributed by atoms with Crippen molar-refractivity contribution < 1.29 is 13.2 Å². The number of amides is 1. The van der Waals surface area contributed by atoms with Crippen molar-refractivity contribution in [3.05, 3.63) is 0 Å². The Morgan fingerprint density at radius 1 is 1.15 bits per heavy atom. The molecule has 1 aliphatic heterocycles. The minimum atomic E-state index is -3.16. The van der Waals surface area contributed by atoms with Crippen LogP contribution < -0.4 is 5.73 Å². The highest BCUT2D eigenvalue weighted by Crippen LogP contribution is 2.31. The summed E-state index contributed by atoms with van der Waals surface area (Å²) in [6.45, 7) is 1.84.